The number of hydrogen-bond donors (Lipinski definition) is 2. The van der Waals surface area contributed by atoms with Gasteiger partial charge in [0, 0.05) is 52.7 Å². The van der Waals surface area contributed by atoms with E-state index in [0.29, 0.717) is 32.6 Å². The molecule has 0 unspecified atom stereocenters. The SMILES string of the molecule is CN(CC1(O)CCOCC1)C(=O)C1CNC1. The van der Waals surface area contributed by atoms with Gasteiger partial charge in [0.05, 0.1) is 11.5 Å². The molecule has 0 saturated carbocycles. The standard InChI is InChI=1S/C11H20N2O3/c1-13(10(14)9-6-12-7-9)8-11(15)2-4-16-5-3-11/h9,12,15H,2-8H2,1H3. The van der Waals surface area contributed by atoms with Crippen molar-refractivity contribution in [3.63, 3.8) is 0 Å². The molecule has 1 amide bonds. The van der Waals surface area contributed by atoms with Crippen LogP contribution in [-0.2, 0) is 9.53 Å². The first-order chi connectivity index (χ1) is 7.61. The average molecular weight is 228 g/mol. The fourth-order valence-electron chi connectivity index (χ4n) is 2.20. The Morgan fingerprint density at radius 2 is 2.12 bits per heavy atom. The van der Waals surface area contributed by atoms with E-state index in [-0.39, 0.29) is 11.8 Å². The monoisotopic (exact) mass is 228 g/mol. The van der Waals surface area contributed by atoms with E-state index >= 15 is 0 Å². The summed E-state index contributed by atoms with van der Waals surface area (Å²) in [6, 6.07) is 0. The number of hydrogen-bond acceptors (Lipinski definition) is 4. The predicted octanol–water partition coefficient (Wildman–Crippen LogP) is -0.794. The lowest BCUT2D eigenvalue weighted by Gasteiger charge is -2.37. The number of carbonyl (C=O) groups excluding carboxylic acids is 1. The molecule has 0 aromatic carbocycles. The van der Waals surface area contributed by atoms with Gasteiger partial charge >= 0.3 is 0 Å². The van der Waals surface area contributed by atoms with Gasteiger partial charge in [-0.1, -0.05) is 0 Å². The second-order valence-electron chi connectivity index (χ2n) is 4.89. The van der Waals surface area contributed by atoms with E-state index < -0.39 is 5.60 Å². The van der Waals surface area contributed by atoms with Crippen molar-refractivity contribution in [1.29, 1.82) is 0 Å². The van der Waals surface area contributed by atoms with Crippen LogP contribution in [0.5, 0.6) is 0 Å². The number of rotatable bonds is 3. The molecule has 2 aliphatic rings. The predicted molar refractivity (Wildman–Crippen MR) is 59.0 cm³/mol. The van der Waals surface area contributed by atoms with E-state index in [9.17, 15) is 9.90 Å². The molecule has 0 aromatic heterocycles. The fourth-order valence-corrected chi connectivity index (χ4v) is 2.20. The molecule has 2 heterocycles. The van der Waals surface area contributed by atoms with Crippen molar-refractivity contribution in [2.75, 3.05) is 39.9 Å². The molecule has 5 nitrogen and oxygen atoms in total. The quantitative estimate of drug-likeness (QED) is 0.664. The Morgan fingerprint density at radius 1 is 1.50 bits per heavy atom. The minimum atomic E-state index is -0.750. The Kier molecular flexibility index (Phi) is 3.47. The molecule has 2 rings (SSSR count). The van der Waals surface area contributed by atoms with E-state index in [1.165, 1.54) is 0 Å². The first-order valence-corrected chi connectivity index (χ1v) is 5.87. The molecule has 16 heavy (non-hydrogen) atoms. The zero-order valence-electron chi connectivity index (χ0n) is 9.74. The summed E-state index contributed by atoms with van der Waals surface area (Å²) in [7, 11) is 1.77. The Bertz CT molecular complexity index is 260. The van der Waals surface area contributed by atoms with E-state index in [4.69, 9.17) is 4.74 Å². The van der Waals surface area contributed by atoms with E-state index in [0.717, 1.165) is 13.1 Å². The Labute approximate surface area is 95.8 Å². The highest BCUT2D eigenvalue weighted by Gasteiger charge is 2.35. The minimum Gasteiger partial charge on any atom is -0.388 e. The minimum absolute atomic E-state index is 0.105. The van der Waals surface area contributed by atoms with Crippen molar-refractivity contribution in [2.24, 2.45) is 5.92 Å². The molecule has 0 atom stereocenters. The lowest BCUT2D eigenvalue weighted by atomic mass is 9.93. The normalized spacial score (nSPS) is 24.9. The number of likely N-dealkylation sites (N-methyl/N-ethyl adjacent to an activating group) is 1. The summed E-state index contributed by atoms with van der Waals surface area (Å²) in [6.07, 6.45) is 1.24. The van der Waals surface area contributed by atoms with Crippen molar-refractivity contribution in [3.05, 3.63) is 0 Å². The van der Waals surface area contributed by atoms with Crippen molar-refractivity contribution in [3.8, 4) is 0 Å². The van der Waals surface area contributed by atoms with Crippen LogP contribution in [0.15, 0.2) is 0 Å². The van der Waals surface area contributed by atoms with Gasteiger partial charge < -0.3 is 20.1 Å². The van der Waals surface area contributed by atoms with Gasteiger partial charge in [0.15, 0.2) is 0 Å². The number of nitrogens with zero attached hydrogens (tertiary/aromatic N) is 1. The number of ether oxygens (including phenoxy) is 1. The summed E-state index contributed by atoms with van der Waals surface area (Å²) < 4.78 is 5.21. The van der Waals surface area contributed by atoms with Crippen LogP contribution in [0.2, 0.25) is 0 Å². The summed E-state index contributed by atoms with van der Waals surface area (Å²) in [5.74, 6) is 0.243. The first-order valence-electron chi connectivity index (χ1n) is 5.87. The molecule has 2 N–H and O–H groups in total. The smallest absolute Gasteiger partial charge is 0.228 e. The van der Waals surface area contributed by atoms with Gasteiger partial charge in [-0.05, 0) is 0 Å². The maximum Gasteiger partial charge on any atom is 0.228 e. The number of aliphatic hydroxyl groups is 1. The molecule has 0 aliphatic carbocycles. The van der Waals surface area contributed by atoms with Crippen LogP contribution in [0, 0.1) is 5.92 Å². The maximum atomic E-state index is 11.9. The summed E-state index contributed by atoms with van der Waals surface area (Å²) >= 11 is 0. The van der Waals surface area contributed by atoms with Crippen molar-refractivity contribution in [1.82, 2.24) is 10.2 Å². The van der Waals surface area contributed by atoms with Crippen molar-refractivity contribution >= 4 is 5.91 Å². The van der Waals surface area contributed by atoms with E-state index in [2.05, 4.69) is 5.32 Å². The first kappa shape index (κ1) is 11.8. The summed E-state index contributed by atoms with van der Waals surface area (Å²) in [5, 5.41) is 13.4. The molecular formula is C11H20N2O3. The highest BCUT2D eigenvalue weighted by Crippen LogP contribution is 2.22. The fraction of sp³-hybridized carbons (Fsp3) is 0.909. The van der Waals surface area contributed by atoms with Crippen molar-refractivity contribution < 1.29 is 14.6 Å². The average Bonchev–Trinajstić information content (AvgIpc) is 2.15. The van der Waals surface area contributed by atoms with Gasteiger partial charge in [-0.25, -0.2) is 0 Å². The summed E-state index contributed by atoms with van der Waals surface area (Å²) in [5.41, 5.74) is -0.750. The Morgan fingerprint density at radius 3 is 2.62 bits per heavy atom. The molecule has 0 radical (unpaired) electrons. The van der Waals surface area contributed by atoms with Crippen LogP contribution in [-0.4, -0.2) is 61.4 Å². The van der Waals surface area contributed by atoms with Crippen LogP contribution < -0.4 is 5.32 Å². The summed E-state index contributed by atoms with van der Waals surface area (Å²) in [4.78, 5) is 13.5. The second-order valence-corrected chi connectivity index (χ2v) is 4.89. The Balaban J connectivity index is 1.84. The molecule has 92 valence electrons. The maximum absolute atomic E-state index is 11.9. The molecule has 0 aromatic rings. The van der Waals surface area contributed by atoms with Gasteiger partial charge in [-0.3, -0.25) is 4.79 Å². The Hall–Kier alpha value is -0.650. The van der Waals surface area contributed by atoms with Gasteiger partial charge in [0.1, 0.15) is 0 Å². The third-order valence-electron chi connectivity index (χ3n) is 3.46. The topological polar surface area (TPSA) is 61.8 Å². The molecular weight excluding hydrogens is 208 g/mol. The molecule has 5 heteroatoms. The van der Waals surface area contributed by atoms with Crippen LogP contribution in [0.4, 0.5) is 0 Å². The second kappa shape index (κ2) is 4.69. The third kappa shape index (κ3) is 2.53. The molecule has 2 aliphatic heterocycles. The highest BCUT2D eigenvalue weighted by molar-refractivity contribution is 5.80. The van der Waals surface area contributed by atoms with Gasteiger partial charge in [-0.2, -0.15) is 0 Å². The van der Waals surface area contributed by atoms with E-state index in [1.807, 2.05) is 0 Å². The van der Waals surface area contributed by atoms with E-state index in [1.54, 1.807) is 11.9 Å². The largest absolute Gasteiger partial charge is 0.388 e. The van der Waals surface area contributed by atoms with Gasteiger partial charge in [0.25, 0.3) is 0 Å². The van der Waals surface area contributed by atoms with Crippen LogP contribution >= 0.6 is 0 Å². The van der Waals surface area contributed by atoms with Gasteiger partial charge in [-0.15, -0.1) is 0 Å². The summed E-state index contributed by atoms with van der Waals surface area (Å²) in [6.45, 7) is 3.13. The number of nitrogens with one attached hydrogen (secondary N) is 1. The zero-order chi connectivity index (χ0) is 11.6. The molecule has 2 fully saturated rings. The zero-order valence-corrected chi connectivity index (χ0v) is 9.74. The van der Waals surface area contributed by atoms with Crippen LogP contribution in [0.25, 0.3) is 0 Å². The molecule has 2 saturated heterocycles. The van der Waals surface area contributed by atoms with Gasteiger partial charge in [0.2, 0.25) is 5.91 Å². The highest BCUT2D eigenvalue weighted by atomic mass is 16.5. The number of carbonyl (C=O) groups is 1. The van der Waals surface area contributed by atoms with Crippen LogP contribution in [0.1, 0.15) is 12.8 Å². The number of amides is 1. The third-order valence-corrected chi connectivity index (χ3v) is 3.46. The van der Waals surface area contributed by atoms with Crippen LogP contribution in [0.3, 0.4) is 0 Å². The lowest BCUT2D eigenvalue weighted by Crippen LogP contribution is -2.54. The lowest BCUT2D eigenvalue weighted by molar-refractivity contribution is -0.142. The molecule has 0 bridgehead atoms. The van der Waals surface area contributed by atoms with Crippen molar-refractivity contribution in [2.45, 2.75) is 18.4 Å². The molecule has 0 spiro atoms.